The van der Waals surface area contributed by atoms with Crippen molar-refractivity contribution in [2.24, 2.45) is 11.1 Å². The van der Waals surface area contributed by atoms with Crippen molar-refractivity contribution in [3.05, 3.63) is 33.9 Å². The minimum Gasteiger partial charge on any atom is -0.492 e. The van der Waals surface area contributed by atoms with Crippen molar-refractivity contribution in [1.29, 1.82) is 0 Å². The molecule has 1 aliphatic heterocycles. The van der Waals surface area contributed by atoms with Crippen LogP contribution in [0.15, 0.2) is 17.1 Å². The van der Waals surface area contributed by atoms with Crippen LogP contribution in [0, 0.1) is 11.2 Å². The topological polar surface area (TPSA) is 97.8 Å². The van der Waals surface area contributed by atoms with Gasteiger partial charge in [0.05, 0.1) is 18.0 Å². The van der Waals surface area contributed by atoms with Gasteiger partial charge in [-0.15, -0.1) is 0 Å². The SMILES string of the molecule is COc1c(N2CC3(CC3)[C@](C)(N)C2)c(F)cc2c(=O)c(C(=O)O)cn(C3CC3)c12. The van der Waals surface area contributed by atoms with Gasteiger partial charge < -0.3 is 25.0 Å². The second-order valence-electron chi connectivity index (χ2n) is 9.01. The molecule has 1 aromatic carbocycles. The first-order valence-electron chi connectivity index (χ1n) is 9.91. The summed E-state index contributed by atoms with van der Waals surface area (Å²) in [6.07, 6.45) is 5.15. The van der Waals surface area contributed by atoms with Crippen molar-refractivity contribution in [1.82, 2.24) is 4.57 Å². The summed E-state index contributed by atoms with van der Waals surface area (Å²) in [5.74, 6) is -1.64. The number of carbonyl (C=O) groups is 1. The molecular weight excluding hydrogens is 377 g/mol. The lowest BCUT2D eigenvalue weighted by Crippen LogP contribution is -2.45. The van der Waals surface area contributed by atoms with Crippen LogP contribution in [0.3, 0.4) is 0 Å². The third-order valence-electron chi connectivity index (χ3n) is 6.97. The monoisotopic (exact) mass is 401 g/mol. The normalized spacial score (nSPS) is 25.0. The van der Waals surface area contributed by atoms with E-state index in [9.17, 15) is 14.7 Å². The second-order valence-corrected chi connectivity index (χ2v) is 9.01. The highest BCUT2D eigenvalue weighted by Crippen LogP contribution is 2.58. The number of carboxylic acids is 1. The Labute approximate surface area is 166 Å². The van der Waals surface area contributed by atoms with Gasteiger partial charge in [-0.3, -0.25) is 4.79 Å². The molecule has 0 unspecified atom stereocenters. The van der Waals surface area contributed by atoms with Gasteiger partial charge in [-0.25, -0.2) is 9.18 Å². The maximum atomic E-state index is 15.3. The molecule has 1 atom stereocenters. The lowest BCUT2D eigenvalue weighted by atomic mass is 9.87. The number of aromatic nitrogens is 1. The lowest BCUT2D eigenvalue weighted by Gasteiger charge is -2.26. The van der Waals surface area contributed by atoms with Crippen LogP contribution in [0.25, 0.3) is 10.9 Å². The van der Waals surface area contributed by atoms with Crippen LogP contribution in [0.1, 0.15) is 49.0 Å². The number of anilines is 1. The molecular formula is C21H24FN3O4. The van der Waals surface area contributed by atoms with Crippen LogP contribution in [-0.4, -0.2) is 41.4 Å². The first-order chi connectivity index (χ1) is 13.7. The minimum absolute atomic E-state index is 0.0112. The van der Waals surface area contributed by atoms with Gasteiger partial charge in [-0.05, 0) is 38.7 Å². The number of fused-ring (bicyclic) bond motifs is 1. The number of aromatic carboxylic acids is 1. The zero-order valence-electron chi connectivity index (χ0n) is 16.5. The lowest BCUT2D eigenvalue weighted by molar-refractivity contribution is 0.0695. The fourth-order valence-corrected chi connectivity index (χ4v) is 4.93. The molecule has 3 N–H and O–H groups in total. The number of nitrogens with zero attached hydrogens (tertiary/aromatic N) is 2. The Balaban J connectivity index is 1.78. The van der Waals surface area contributed by atoms with Crippen LogP contribution in [-0.2, 0) is 0 Å². The number of hydrogen-bond acceptors (Lipinski definition) is 5. The number of carboxylic acid groups (broad SMARTS) is 1. The van der Waals surface area contributed by atoms with Gasteiger partial charge in [-0.2, -0.15) is 0 Å². The highest BCUT2D eigenvalue weighted by Gasteiger charge is 2.61. The van der Waals surface area contributed by atoms with Crippen LogP contribution in [0.5, 0.6) is 5.75 Å². The van der Waals surface area contributed by atoms with Gasteiger partial charge in [0.1, 0.15) is 11.3 Å². The molecule has 0 bridgehead atoms. The molecule has 8 heteroatoms. The summed E-state index contributed by atoms with van der Waals surface area (Å²) in [6, 6.07) is 1.24. The molecule has 1 saturated heterocycles. The zero-order chi connectivity index (χ0) is 20.7. The number of rotatable bonds is 4. The van der Waals surface area contributed by atoms with E-state index in [0.717, 1.165) is 31.7 Å². The Hall–Kier alpha value is -2.61. The third kappa shape index (κ3) is 2.51. The number of nitrogens with two attached hydrogens (primary N) is 1. The van der Waals surface area contributed by atoms with E-state index in [2.05, 4.69) is 0 Å². The Morgan fingerprint density at radius 2 is 2.03 bits per heavy atom. The first-order valence-corrected chi connectivity index (χ1v) is 9.91. The average Bonchev–Trinajstić information content (AvgIpc) is 3.54. The van der Waals surface area contributed by atoms with E-state index in [1.807, 2.05) is 11.8 Å². The molecule has 1 spiro atoms. The van der Waals surface area contributed by atoms with Gasteiger partial charge in [0.15, 0.2) is 11.6 Å². The quantitative estimate of drug-likeness (QED) is 0.817. The maximum Gasteiger partial charge on any atom is 0.341 e. The molecule has 2 aliphatic carbocycles. The number of ether oxygens (including phenoxy) is 1. The van der Waals surface area contributed by atoms with Gasteiger partial charge in [0.25, 0.3) is 0 Å². The summed E-state index contributed by atoms with van der Waals surface area (Å²) in [6.45, 7) is 3.14. The number of hydrogen-bond donors (Lipinski definition) is 2. The number of methoxy groups -OCH3 is 1. The molecule has 2 heterocycles. The van der Waals surface area contributed by atoms with Crippen LogP contribution in [0.4, 0.5) is 10.1 Å². The van der Waals surface area contributed by atoms with Crippen molar-refractivity contribution in [2.45, 2.75) is 44.2 Å². The van der Waals surface area contributed by atoms with Crippen molar-refractivity contribution < 1.29 is 19.0 Å². The van der Waals surface area contributed by atoms with Crippen molar-refractivity contribution in [3.63, 3.8) is 0 Å². The van der Waals surface area contributed by atoms with E-state index in [4.69, 9.17) is 10.5 Å². The van der Waals surface area contributed by atoms with Gasteiger partial charge in [0, 0.05) is 36.3 Å². The molecule has 2 aromatic rings. The molecule has 154 valence electrons. The summed E-state index contributed by atoms with van der Waals surface area (Å²) in [4.78, 5) is 26.3. The summed E-state index contributed by atoms with van der Waals surface area (Å²) in [7, 11) is 1.45. The molecule has 3 aliphatic rings. The summed E-state index contributed by atoms with van der Waals surface area (Å²) < 4.78 is 22.8. The van der Waals surface area contributed by atoms with E-state index >= 15 is 4.39 Å². The van der Waals surface area contributed by atoms with E-state index < -0.39 is 22.8 Å². The van der Waals surface area contributed by atoms with Crippen LogP contribution >= 0.6 is 0 Å². The number of pyridine rings is 1. The van der Waals surface area contributed by atoms with Gasteiger partial charge in [-0.1, -0.05) is 0 Å². The molecule has 29 heavy (non-hydrogen) atoms. The second kappa shape index (κ2) is 5.72. The highest BCUT2D eigenvalue weighted by atomic mass is 19.1. The predicted octanol–water partition coefficient (Wildman–Crippen LogP) is 2.50. The van der Waals surface area contributed by atoms with Gasteiger partial charge >= 0.3 is 5.97 Å². The maximum absolute atomic E-state index is 15.3. The molecule has 2 saturated carbocycles. The average molecular weight is 401 g/mol. The largest absolute Gasteiger partial charge is 0.492 e. The number of halogens is 1. The van der Waals surface area contributed by atoms with Crippen molar-refractivity contribution in [2.75, 3.05) is 25.1 Å². The van der Waals surface area contributed by atoms with Crippen molar-refractivity contribution >= 4 is 22.6 Å². The molecule has 3 fully saturated rings. The van der Waals surface area contributed by atoms with E-state index in [1.54, 1.807) is 4.57 Å². The zero-order valence-corrected chi connectivity index (χ0v) is 16.5. The fraction of sp³-hybridized carbons (Fsp3) is 0.524. The minimum atomic E-state index is -1.32. The molecule has 7 nitrogen and oxygen atoms in total. The summed E-state index contributed by atoms with van der Waals surface area (Å²) in [5, 5.41) is 9.47. The Kier molecular flexibility index (Phi) is 3.63. The molecule has 1 aromatic heterocycles. The third-order valence-corrected chi connectivity index (χ3v) is 6.97. The fourth-order valence-electron chi connectivity index (χ4n) is 4.93. The molecule has 5 rings (SSSR count). The Morgan fingerprint density at radius 1 is 1.34 bits per heavy atom. The van der Waals surface area contributed by atoms with Crippen LogP contribution < -0.4 is 20.8 Å². The Bertz CT molecular complexity index is 1110. The van der Waals surface area contributed by atoms with Crippen LogP contribution in [0.2, 0.25) is 0 Å². The Morgan fingerprint density at radius 3 is 2.55 bits per heavy atom. The summed E-state index contributed by atoms with van der Waals surface area (Å²) in [5.41, 5.74) is 5.81. The highest BCUT2D eigenvalue weighted by molar-refractivity contribution is 5.97. The predicted molar refractivity (Wildman–Crippen MR) is 106 cm³/mol. The molecule has 0 radical (unpaired) electrons. The van der Waals surface area contributed by atoms with E-state index in [1.165, 1.54) is 13.3 Å². The molecule has 0 amide bonds. The van der Waals surface area contributed by atoms with Gasteiger partial charge in [0.2, 0.25) is 5.43 Å². The van der Waals surface area contributed by atoms with E-state index in [0.29, 0.717) is 24.3 Å². The number of benzene rings is 1. The van der Waals surface area contributed by atoms with E-state index in [-0.39, 0.29) is 28.2 Å². The summed E-state index contributed by atoms with van der Waals surface area (Å²) >= 11 is 0. The van der Waals surface area contributed by atoms with Crippen molar-refractivity contribution in [3.8, 4) is 5.75 Å². The smallest absolute Gasteiger partial charge is 0.341 e. The standard InChI is InChI=1S/C21H24FN3O4/c1-20(23)9-24(10-21(20)5-6-21)16-14(22)7-12-15(18(16)29-2)25(11-3-4-11)8-13(17(12)26)19(27)28/h7-8,11H,3-6,9-10,23H2,1-2H3,(H,27,28)/t20-/m1/s1. The first kappa shape index (κ1) is 18.4.